The highest BCUT2D eigenvalue weighted by Gasteiger charge is 2.42. The summed E-state index contributed by atoms with van der Waals surface area (Å²) >= 11 is 0. The number of carbonyl (C=O) groups is 1. The summed E-state index contributed by atoms with van der Waals surface area (Å²) in [6, 6.07) is 7.94. The number of rotatable bonds is 4. The van der Waals surface area contributed by atoms with Crippen molar-refractivity contribution >= 4 is 11.7 Å². The molecule has 1 aromatic carbocycles. The molecule has 17 heavy (non-hydrogen) atoms. The second kappa shape index (κ2) is 4.37. The molecule has 1 N–H and O–H groups in total. The average molecular weight is 235 g/mol. The zero-order valence-electron chi connectivity index (χ0n) is 10.1. The summed E-state index contributed by atoms with van der Waals surface area (Å²) in [5.74, 6) is -0.851. The van der Waals surface area contributed by atoms with Gasteiger partial charge in [0.05, 0.1) is 6.61 Å². The molecule has 1 aliphatic rings. The maximum Gasteiger partial charge on any atom is 0.331 e. The Balaban J connectivity index is 2.37. The predicted molar refractivity (Wildman–Crippen MR) is 65.4 cm³/mol. The van der Waals surface area contributed by atoms with Crippen molar-refractivity contribution in [2.45, 2.75) is 18.9 Å². The number of hydrogen-bond donors (Lipinski definition) is 1. The monoisotopic (exact) mass is 235 g/mol. The summed E-state index contributed by atoms with van der Waals surface area (Å²) in [7, 11) is 1.53. The van der Waals surface area contributed by atoms with Crippen LogP contribution >= 0.6 is 0 Å². The zero-order chi connectivity index (χ0) is 12.5. The molecular weight excluding hydrogens is 218 g/mol. The standard InChI is InChI=1S/C13H17NO3/c1-13(9-17-2,12(15)16)14-8-7-10-5-3-4-6-11(10)14/h3-6H,7-9H2,1-2H3,(H,15,16). The van der Waals surface area contributed by atoms with Gasteiger partial charge in [-0.3, -0.25) is 0 Å². The average Bonchev–Trinajstić information content (AvgIpc) is 2.73. The van der Waals surface area contributed by atoms with Crippen LogP contribution in [-0.4, -0.2) is 36.9 Å². The van der Waals surface area contributed by atoms with Gasteiger partial charge in [-0.15, -0.1) is 0 Å². The maximum atomic E-state index is 11.5. The molecule has 4 heteroatoms. The normalized spacial score (nSPS) is 17.6. The molecule has 0 aromatic heterocycles. The number of carboxylic acids is 1. The molecule has 1 unspecified atom stereocenters. The van der Waals surface area contributed by atoms with E-state index in [0.717, 1.165) is 18.7 Å². The van der Waals surface area contributed by atoms with Gasteiger partial charge in [-0.05, 0) is 25.0 Å². The Bertz CT molecular complexity index is 432. The highest BCUT2D eigenvalue weighted by Crippen LogP contribution is 2.33. The number of aliphatic carboxylic acids is 1. The number of fused-ring (bicyclic) bond motifs is 1. The fraction of sp³-hybridized carbons (Fsp3) is 0.462. The number of ether oxygens (including phenoxy) is 1. The van der Waals surface area contributed by atoms with Gasteiger partial charge in [0.2, 0.25) is 0 Å². The van der Waals surface area contributed by atoms with Gasteiger partial charge >= 0.3 is 5.97 Å². The number of hydrogen-bond acceptors (Lipinski definition) is 3. The molecular formula is C13H17NO3. The lowest BCUT2D eigenvalue weighted by Gasteiger charge is -2.36. The second-order valence-electron chi connectivity index (χ2n) is 4.54. The van der Waals surface area contributed by atoms with Crippen LogP contribution in [-0.2, 0) is 16.0 Å². The highest BCUT2D eigenvalue weighted by molar-refractivity contribution is 5.84. The third-order valence-electron chi connectivity index (χ3n) is 3.37. The molecule has 0 spiro atoms. The Morgan fingerprint density at radius 2 is 2.24 bits per heavy atom. The van der Waals surface area contributed by atoms with Crippen molar-refractivity contribution in [3.05, 3.63) is 29.8 Å². The first-order valence-electron chi connectivity index (χ1n) is 5.67. The first-order valence-corrected chi connectivity index (χ1v) is 5.67. The number of anilines is 1. The lowest BCUT2D eigenvalue weighted by molar-refractivity contribution is -0.144. The van der Waals surface area contributed by atoms with Crippen molar-refractivity contribution in [1.82, 2.24) is 0 Å². The van der Waals surface area contributed by atoms with E-state index in [-0.39, 0.29) is 6.61 Å². The first-order chi connectivity index (χ1) is 8.09. The Morgan fingerprint density at radius 3 is 2.88 bits per heavy atom. The third-order valence-corrected chi connectivity index (χ3v) is 3.37. The number of benzene rings is 1. The van der Waals surface area contributed by atoms with E-state index < -0.39 is 11.5 Å². The topological polar surface area (TPSA) is 49.8 Å². The van der Waals surface area contributed by atoms with Crippen molar-refractivity contribution < 1.29 is 14.6 Å². The Morgan fingerprint density at radius 1 is 1.53 bits per heavy atom. The molecule has 0 fully saturated rings. The van der Waals surface area contributed by atoms with E-state index in [1.54, 1.807) is 6.92 Å². The number of para-hydroxylation sites is 1. The van der Waals surface area contributed by atoms with Gasteiger partial charge < -0.3 is 14.7 Å². The summed E-state index contributed by atoms with van der Waals surface area (Å²) < 4.78 is 5.07. The van der Waals surface area contributed by atoms with E-state index in [0.29, 0.717) is 0 Å². The zero-order valence-corrected chi connectivity index (χ0v) is 10.1. The van der Waals surface area contributed by atoms with Crippen molar-refractivity contribution in [2.24, 2.45) is 0 Å². The minimum absolute atomic E-state index is 0.177. The number of methoxy groups -OCH3 is 1. The molecule has 1 atom stereocenters. The van der Waals surface area contributed by atoms with Gasteiger partial charge in [-0.1, -0.05) is 18.2 Å². The van der Waals surface area contributed by atoms with Crippen LogP contribution in [0.2, 0.25) is 0 Å². The molecule has 0 radical (unpaired) electrons. The minimum Gasteiger partial charge on any atom is -0.479 e. The van der Waals surface area contributed by atoms with E-state index >= 15 is 0 Å². The summed E-state index contributed by atoms with van der Waals surface area (Å²) in [5.41, 5.74) is 1.21. The summed E-state index contributed by atoms with van der Waals surface area (Å²) in [6.07, 6.45) is 0.892. The fourth-order valence-corrected chi connectivity index (χ4v) is 2.39. The van der Waals surface area contributed by atoms with Crippen LogP contribution in [0.4, 0.5) is 5.69 Å². The van der Waals surface area contributed by atoms with Gasteiger partial charge in [-0.2, -0.15) is 0 Å². The van der Waals surface area contributed by atoms with Crippen molar-refractivity contribution in [3.8, 4) is 0 Å². The Labute approximate surface area is 101 Å². The molecule has 0 aliphatic carbocycles. The molecule has 0 bridgehead atoms. The predicted octanol–water partition coefficient (Wildman–Crippen LogP) is 1.54. The van der Waals surface area contributed by atoms with E-state index in [1.165, 1.54) is 12.7 Å². The van der Waals surface area contributed by atoms with Crippen LogP contribution < -0.4 is 4.90 Å². The molecule has 4 nitrogen and oxygen atoms in total. The van der Waals surface area contributed by atoms with Gasteiger partial charge in [-0.25, -0.2) is 4.79 Å². The first kappa shape index (κ1) is 11.9. The van der Waals surface area contributed by atoms with Crippen LogP contribution in [0.5, 0.6) is 0 Å². The quantitative estimate of drug-likeness (QED) is 0.860. The molecule has 0 amide bonds. The van der Waals surface area contributed by atoms with Gasteiger partial charge in [0, 0.05) is 19.3 Å². The SMILES string of the molecule is COCC(C)(C(=O)O)N1CCc2ccccc21. The smallest absolute Gasteiger partial charge is 0.331 e. The molecule has 1 aromatic rings. The molecule has 2 rings (SSSR count). The van der Waals surface area contributed by atoms with Crippen LogP contribution in [0.15, 0.2) is 24.3 Å². The number of carboxylic acid groups (broad SMARTS) is 1. The largest absolute Gasteiger partial charge is 0.479 e. The van der Waals surface area contributed by atoms with Crippen molar-refractivity contribution in [3.63, 3.8) is 0 Å². The highest BCUT2D eigenvalue weighted by atomic mass is 16.5. The second-order valence-corrected chi connectivity index (χ2v) is 4.54. The van der Waals surface area contributed by atoms with Gasteiger partial charge in [0.25, 0.3) is 0 Å². The minimum atomic E-state index is -0.999. The molecule has 0 saturated heterocycles. The lowest BCUT2D eigenvalue weighted by Crippen LogP contribution is -2.55. The summed E-state index contributed by atoms with van der Waals surface area (Å²) in [5, 5.41) is 9.43. The van der Waals surface area contributed by atoms with Gasteiger partial charge in [0.15, 0.2) is 5.54 Å². The third kappa shape index (κ3) is 1.89. The molecule has 1 aliphatic heterocycles. The van der Waals surface area contributed by atoms with Crippen LogP contribution in [0.25, 0.3) is 0 Å². The number of nitrogens with zero attached hydrogens (tertiary/aromatic N) is 1. The maximum absolute atomic E-state index is 11.5. The molecule has 0 saturated carbocycles. The molecule has 1 heterocycles. The van der Waals surface area contributed by atoms with E-state index in [2.05, 4.69) is 0 Å². The van der Waals surface area contributed by atoms with Crippen LogP contribution in [0, 0.1) is 0 Å². The Kier molecular flexibility index (Phi) is 3.07. The van der Waals surface area contributed by atoms with Crippen LogP contribution in [0.1, 0.15) is 12.5 Å². The summed E-state index contributed by atoms with van der Waals surface area (Å²) in [4.78, 5) is 13.4. The van der Waals surface area contributed by atoms with E-state index in [4.69, 9.17) is 4.74 Å². The Hall–Kier alpha value is -1.55. The fourth-order valence-electron chi connectivity index (χ4n) is 2.39. The van der Waals surface area contributed by atoms with E-state index in [1.807, 2.05) is 29.2 Å². The summed E-state index contributed by atoms with van der Waals surface area (Å²) in [6.45, 7) is 2.61. The van der Waals surface area contributed by atoms with Crippen molar-refractivity contribution in [2.75, 3.05) is 25.2 Å². The van der Waals surface area contributed by atoms with Crippen molar-refractivity contribution in [1.29, 1.82) is 0 Å². The van der Waals surface area contributed by atoms with Gasteiger partial charge in [0.1, 0.15) is 0 Å². The van der Waals surface area contributed by atoms with E-state index in [9.17, 15) is 9.90 Å². The lowest BCUT2D eigenvalue weighted by atomic mass is 10.0. The van der Waals surface area contributed by atoms with Crippen LogP contribution in [0.3, 0.4) is 0 Å². The molecule has 92 valence electrons.